The van der Waals surface area contributed by atoms with Crippen molar-refractivity contribution in [2.24, 2.45) is 0 Å². The van der Waals surface area contributed by atoms with E-state index in [1.165, 1.54) is 18.9 Å². The molecule has 0 unspecified atom stereocenters. The Morgan fingerprint density at radius 2 is 1.72 bits per heavy atom. The minimum absolute atomic E-state index is 0.113. The topological polar surface area (TPSA) is 124 Å². The van der Waals surface area contributed by atoms with Crippen molar-refractivity contribution >= 4 is 35.2 Å². The van der Waals surface area contributed by atoms with Gasteiger partial charge in [0.2, 0.25) is 5.91 Å². The van der Waals surface area contributed by atoms with E-state index in [2.05, 4.69) is 32.1 Å². The molecule has 0 bridgehead atoms. The van der Waals surface area contributed by atoms with Crippen molar-refractivity contribution in [2.75, 3.05) is 31.8 Å². The maximum Gasteiger partial charge on any atom is 0.337 e. The van der Waals surface area contributed by atoms with Gasteiger partial charge in [0, 0.05) is 30.8 Å². The first-order chi connectivity index (χ1) is 17.4. The lowest BCUT2D eigenvalue weighted by atomic mass is 10.2. The Balaban J connectivity index is 1.52. The van der Waals surface area contributed by atoms with Crippen LogP contribution in [0.3, 0.4) is 0 Å². The van der Waals surface area contributed by atoms with Gasteiger partial charge >= 0.3 is 5.97 Å². The number of carbonyl (C=O) groups is 3. The number of hydrogen-bond donors (Lipinski definition) is 2. The molecule has 0 aliphatic carbocycles. The number of nitrogens with zero attached hydrogens (tertiary/aromatic N) is 3. The van der Waals surface area contributed by atoms with Crippen molar-refractivity contribution in [1.82, 2.24) is 20.1 Å². The summed E-state index contributed by atoms with van der Waals surface area (Å²) in [6.07, 6.45) is 2.18. The summed E-state index contributed by atoms with van der Waals surface area (Å²) in [5.74, 6) is 0.597. The van der Waals surface area contributed by atoms with Crippen LogP contribution in [-0.2, 0) is 22.5 Å². The van der Waals surface area contributed by atoms with E-state index < -0.39 is 5.97 Å². The van der Waals surface area contributed by atoms with Crippen molar-refractivity contribution in [2.45, 2.75) is 18.1 Å². The van der Waals surface area contributed by atoms with Crippen molar-refractivity contribution < 1.29 is 23.9 Å². The largest absolute Gasteiger partial charge is 0.497 e. The zero-order valence-electron chi connectivity index (χ0n) is 20.0. The predicted octanol–water partition coefficient (Wildman–Crippen LogP) is 2.96. The van der Waals surface area contributed by atoms with E-state index in [-0.39, 0.29) is 17.6 Å². The molecule has 1 aromatic heterocycles. The average Bonchev–Trinajstić information content (AvgIpc) is 3.28. The molecule has 0 spiro atoms. The fraction of sp³-hybridized carbons (Fsp3) is 0.240. The first kappa shape index (κ1) is 26.5. The van der Waals surface area contributed by atoms with Crippen molar-refractivity contribution in [3.8, 4) is 5.75 Å². The average molecular weight is 510 g/mol. The highest BCUT2D eigenvalue weighted by Crippen LogP contribution is 2.19. The van der Waals surface area contributed by atoms with E-state index in [9.17, 15) is 14.4 Å². The van der Waals surface area contributed by atoms with Gasteiger partial charge in [0.15, 0.2) is 5.16 Å². The van der Waals surface area contributed by atoms with Crippen molar-refractivity contribution in [1.29, 1.82) is 0 Å². The molecule has 3 aromatic rings. The molecule has 36 heavy (non-hydrogen) atoms. The predicted molar refractivity (Wildman–Crippen MR) is 136 cm³/mol. The number of hydrogen-bond acceptors (Lipinski definition) is 8. The highest BCUT2D eigenvalue weighted by atomic mass is 32.2. The van der Waals surface area contributed by atoms with Crippen molar-refractivity contribution in [3.63, 3.8) is 0 Å². The van der Waals surface area contributed by atoms with Gasteiger partial charge in [-0.15, -0.1) is 16.8 Å². The maximum absolute atomic E-state index is 12.4. The summed E-state index contributed by atoms with van der Waals surface area (Å²) < 4.78 is 11.6. The Morgan fingerprint density at radius 1 is 1.03 bits per heavy atom. The number of esters is 1. The van der Waals surface area contributed by atoms with Crippen molar-refractivity contribution in [3.05, 3.63) is 78.1 Å². The molecule has 0 saturated heterocycles. The fourth-order valence-electron chi connectivity index (χ4n) is 3.19. The Hall–Kier alpha value is -4.12. The molecule has 0 aliphatic heterocycles. The number of nitrogens with one attached hydrogen (secondary N) is 2. The highest BCUT2D eigenvalue weighted by Gasteiger charge is 2.15. The van der Waals surface area contributed by atoms with Crippen LogP contribution in [0.5, 0.6) is 5.75 Å². The molecule has 3 rings (SSSR count). The molecule has 2 aromatic carbocycles. The number of benzene rings is 2. The Morgan fingerprint density at radius 3 is 2.36 bits per heavy atom. The monoisotopic (exact) mass is 509 g/mol. The summed E-state index contributed by atoms with van der Waals surface area (Å²) in [6, 6.07) is 13.3. The number of allylic oxidation sites excluding steroid dienone is 1. The maximum atomic E-state index is 12.4. The molecule has 0 fully saturated rings. The van der Waals surface area contributed by atoms with E-state index in [1.54, 1.807) is 61.7 Å². The van der Waals surface area contributed by atoms with Crippen LogP contribution in [0.15, 0.2) is 66.3 Å². The smallest absolute Gasteiger partial charge is 0.337 e. The molecular weight excluding hydrogens is 482 g/mol. The zero-order chi connectivity index (χ0) is 25.9. The number of ether oxygens (including phenoxy) is 2. The van der Waals surface area contributed by atoms with E-state index in [1.807, 2.05) is 4.57 Å². The van der Waals surface area contributed by atoms with Crippen LogP contribution in [-0.4, -0.2) is 59.1 Å². The van der Waals surface area contributed by atoms with Gasteiger partial charge in [-0.25, -0.2) is 4.79 Å². The molecule has 188 valence electrons. The van der Waals surface area contributed by atoms with Crippen LogP contribution in [0, 0.1) is 0 Å². The summed E-state index contributed by atoms with van der Waals surface area (Å²) in [7, 11) is 2.88. The van der Waals surface area contributed by atoms with Gasteiger partial charge in [-0.3, -0.25) is 9.59 Å². The molecule has 0 aliphatic rings. The number of rotatable bonds is 12. The molecule has 0 radical (unpaired) electrons. The molecule has 11 heteroatoms. The van der Waals surface area contributed by atoms with Crippen LogP contribution < -0.4 is 15.4 Å². The van der Waals surface area contributed by atoms with Gasteiger partial charge in [0.1, 0.15) is 11.6 Å². The lowest BCUT2D eigenvalue weighted by Gasteiger charge is -2.09. The Labute approximate surface area is 213 Å². The number of thioether (sulfide) groups is 1. The Bertz CT molecular complexity index is 1210. The summed E-state index contributed by atoms with van der Waals surface area (Å²) in [5.41, 5.74) is 1.50. The minimum Gasteiger partial charge on any atom is -0.497 e. The van der Waals surface area contributed by atoms with Gasteiger partial charge in [-0.1, -0.05) is 17.8 Å². The van der Waals surface area contributed by atoms with Crippen LogP contribution in [0.4, 0.5) is 5.69 Å². The first-order valence-electron chi connectivity index (χ1n) is 11.0. The second-order valence-electron chi connectivity index (χ2n) is 7.44. The minimum atomic E-state index is -0.443. The highest BCUT2D eigenvalue weighted by molar-refractivity contribution is 7.99. The summed E-state index contributed by atoms with van der Waals surface area (Å²) in [6.45, 7) is 4.61. The van der Waals surface area contributed by atoms with Gasteiger partial charge in [0.05, 0.1) is 25.5 Å². The molecule has 0 atom stereocenters. The molecule has 2 N–H and O–H groups in total. The SMILES string of the molecule is C=CCn1c(CCNC(=O)c2ccc(OC)cc2)nnc1SCC(=O)Nc1ccc(C(=O)OC)cc1. The van der Waals surface area contributed by atoms with Crippen LogP contribution >= 0.6 is 11.8 Å². The molecule has 0 saturated carbocycles. The van der Waals surface area contributed by atoms with Crippen LogP contribution in [0.2, 0.25) is 0 Å². The third kappa shape index (κ3) is 7.19. The second-order valence-corrected chi connectivity index (χ2v) is 8.38. The number of carbonyl (C=O) groups excluding carboxylic acids is 3. The third-order valence-corrected chi connectivity index (χ3v) is 5.98. The van der Waals surface area contributed by atoms with Gasteiger partial charge in [-0.2, -0.15) is 0 Å². The molecule has 10 nitrogen and oxygen atoms in total. The third-order valence-electron chi connectivity index (χ3n) is 5.01. The van der Waals surface area contributed by atoms with E-state index in [0.717, 1.165) is 0 Å². The van der Waals surface area contributed by atoms with E-state index in [0.29, 0.717) is 53.1 Å². The van der Waals surface area contributed by atoms with E-state index >= 15 is 0 Å². The standard InChI is InChI=1S/C25H27N5O5S/c1-4-15-30-21(13-14-26-23(32)17-7-11-20(34-2)12-8-17)28-29-25(30)36-16-22(31)27-19-9-5-18(6-10-19)24(33)35-3/h4-12H,1,13-16H2,2-3H3,(H,26,32)(H,27,31). The Kier molecular flexibility index (Phi) is 9.64. The van der Waals surface area contributed by atoms with Gasteiger partial charge in [-0.05, 0) is 48.5 Å². The quantitative estimate of drug-likeness (QED) is 0.217. The number of amides is 2. The number of anilines is 1. The zero-order valence-corrected chi connectivity index (χ0v) is 20.8. The molecule has 1 heterocycles. The first-order valence-corrected chi connectivity index (χ1v) is 12.0. The van der Waals surface area contributed by atoms with Crippen LogP contribution in [0.1, 0.15) is 26.5 Å². The summed E-state index contributed by atoms with van der Waals surface area (Å²) in [4.78, 5) is 36.3. The molecular formula is C25H27N5O5S. The lowest BCUT2D eigenvalue weighted by Crippen LogP contribution is -2.26. The normalized spacial score (nSPS) is 10.4. The van der Waals surface area contributed by atoms with E-state index in [4.69, 9.17) is 4.74 Å². The number of methoxy groups -OCH3 is 2. The van der Waals surface area contributed by atoms with Gasteiger partial charge < -0.3 is 24.7 Å². The summed E-state index contributed by atoms with van der Waals surface area (Å²) in [5, 5.41) is 14.6. The lowest BCUT2D eigenvalue weighted by molar-refractivity contribution is -0.113. The summed E-state index contributed by atoms with van der Waals surface area (Å²) >= 11 is 1.24. The van der Waals surface area contributed by atoms with Crippen LogP contribution in [0.25, 0.3) is 0 Å². The van der Waals surface area contributed by atoms with Gasteiger partial charge in [0.25, 0.3) is 5.91 Å². The molecule has 2 amide bonds. The fourth-order valence-corrected chi connectivity index (χ4v) is 3.96. The second kappa shape index (κ2) is 13.1. The number of aromatic nitrogens is 3.